The Hall–Kier alpha value is -1.41. The van der Waals surface area contributed by atoms with Gasteiger partial charge in [-0.3, -0.25) is 0 Å². The van der Waals surface area contributed by atoms with Crippen LogP contribution in [0.5, 0.6) is 11.5 Å². The van der Waals surface area contributed by atoms with Gasteiger partial charge < -0.3 is 30.2 Å². The van der Waals surface area contributed by atoms with E-state index in [1.165, 1.54) is 0 Å². The fourth-order valence-electron chi connectivity index (χ4n) is 3.40. The monoisotopic (exact) mass is 548 g/mol. The van der Waals surface area contributed by atoms with Crippen LogP contribution in [0.3, 0.4) is 0 Å². The first-order chi connectivity index (χ1) is 16.7. The molecule has 0 unspecified atom stereocenters. The van der Waals surface area contributed by atoms with Gasteiger partial charge in [0.1, 0.15) is 0 Å². The molecule has 0 aliphatic heterocycles. The van der Waals surface area contributed by atoms with Crippen molar-refractivity contribution in [1.82, 2.24) is 9.80 Å². The minimum absolute atomic E-state index is 0. The molecule has 0 aliphatic carbocycles. The van der Waals surface area contributed by atoms with Gasteiger partial charge in [0.2, 0.25) is 0 Å². The molecule has 0 heterocycles. The Morgan fingerprint density at radius 3 is 1.16 bits per heavy atom. The largest absolute Gasteiger partial charge is 4.00 e. The summed E-state index contributed by atoms with van der Waals surface area (Å²) in [4.78, 5) is 4.32. The summed E-state index contributed by atoms with van der Waals surface area (Å²) in [7, 11) is 4.06. The Morgan fingerprint density at radius 1 is 0.649 bits per heavy atom. The molecule has 2 aromatic carbocycles. The van der Waals surface area contributed by atoms with Crippen LogP contribution in [-0.4, -0.2) is 49.2 Å². The molecule has 0 spiro atoms. The maximum absolute atomic E-state index is 12.3. The predicted molar refractivity (Wildman–Crippen MR) is 143 cm³/mol. The van der Waals surface area contributed by atoms with E-state index in [4.69, 9.17) is 0 Å². The topological polar surface area (TPSA) is 98.7 Å². The van der Waals surface area contributed by atoms with Crippen LogP contribution < -0.4 is 20.4 Å². The van der Waals surface area contributed by atoms with Gasteiger partial charge in [-0.1, -0.05) is 87.1 Å². The molecular weight excluding hydrogens is 500 g/mol. The molecule has 0 bridgehead atoms. The first-order valence-corrected chi connectivity index (χ1v) is 12.9. The molecule has 2 aromatic rings. The van der Waals surface area contributed by atoms with Crippen LogP contribution in [0.2, 0.25) is 0 Å². The van der Waals surface area contributed by atoms with Crippen molar-refractivity contribution in [2.45, 2.75) is 93.5 Å². The summed E-state index contributed by atoms with van der Waals surface area (Å²) in [5.74, 6) is 0.282. The average molecular weight is 549 g/mol. The molecule has 7 heteroatoms. The van der Waals surface area contributed by atoms with Crippen molar-refractivity contribution >= 4 is 0 Å². The second kappa shape index (κ2) is 19.6. The minimum atomic E-state index is -0.366. The van der Waals surface area contributed by atoms with E-state index in [2.05, 4.69) is 9.80 Å². The van der Waals surface area contributed by atoms with Gasteiger partial charge in [0.05, 0.1) is 0 Å². The fraction of sp³-hybridized carbons (Fsp3) is 0.600. The molecule has 2 rings (SSSR count). The quantitative estimate of drug-likeness (QED) is 0.447. The number of hydrogen-bond donors (Lipinski definition) is 0. The van der Waals surface area contributed by atoms with E-state index in [-0.39, 0.29) is 45.4 Å². The van der Waals surface area contributed by atoms with Crippen molar-refractivity contribution in [3.63, 3.8) is 0 Å². The molecule has 0 aromatic heterocycles. The molecule has 2 atom stereocenters. The third-order valence-corrected chi connectivity index (χ3v) is 5.89. The number of likely N-dealkylation sites (N-methyl/N-ethyl adjacent to an activating group) is 2. The van der Waals surface area contributed by atoms with Crippen molar-refractivity contribution in [1.29, 1.82) is 0 Å². The van der Waals surface area contributed by atoms with Gasteiger partial charge in [-0.05, 0) is 52.9 Å². The van der Waals surface area contributed by atoms with E-state index < -0.39 is 0 Å². The average Bonchev–Trinajstić information content (AvgIpc) is 2.79. The molecule has 0 N–H and O–H groups in total. The summed E-state index contributed by atoms with van der Waals surface area (Å²) in [6.45, 7) is 17.9. The normalized spacial score (nSPS) is 12.2. The van der Waals surface area contributed by atoms with Gasteiger partial charge in [0, 0.05) is 26.2 Å². The van der Waals surface area contributed by atoms with Crippen LogP contribution in [0.4, 0.5) is 0 Å². The van der Waals surface area contributed by atoms with E-state index in [0.29, 0.717) is 13.1 Å². The number of nitrogens with zero attached hydrogens (tertiary/aromatic N) is 2. The molecule has 0 aliphatic rings. The third kappa shape index (κ3) is 16.2. The summed E-state index contributed by atoms with van der Waals surface area (Å²) < 4.78 is 0. The molecule has 0 saturated carbocycles. The molecule has 6 nitrogen and oxygen atoms in total. The van der Waals surface area contributed by atoms with Crippen LogP contribution >= 0.6 is 0 Å². The third-order valence-electron chi connectivity index (χ3n) is 5.89. The summed E-state index contributed by atoms with van der Waals surface area (Å²) in [5.41, 5.74) is 5.57. The van der Waals surface area contributed by atoms with Crippen molar-refractivity contribution in [2.24, 2.45) is 0 Å². The van der Waals surface area contributed by atoms with E-state index in [9.17, 15) is 20.4 Å². The second-order valence-corrected chi connectivity index (χ2v) is 10.1. The molecular formula is C30H48N2O4Ti. The summed E-state index contributed by atoms with van der Waals surface area (Å²) >= 11 is 0. The van der Waals surface area contributed by atoms with Crippen LogP contribution in [0.25, 0.3) is 0 Å². The first-order valence-electron chi connectivity index (χ1n) is 12.9. The van der Waals surface area contributed by atoms with Gasteiger partial charge in [-0.25, -0.2) is 0 Å². The predicted octanol–water partition coefficient (Wildman–Crippen LogP) is 2.92. The summed E-state index contributed by atoms with van der Waals surface area (Å²) in [6, 6.07) is 7.83. The maximum atomic E-state index is 12.3. The zero-order valence-electron chi connectivity index (χ0n) is 24.7. The molecule has 0 fully saturated rings. The van der Waals surface area contributed by atoms with Gasteiger partial charge in [0.25, 0.3) is 0 Å². The number of rotatable bonds is 9. The molecule has 0 saturated heterocycles. The summed E-state index contributed by atoms with van der Waals surface area (Å²) in [6.07, 6.45) is 0.769. The Balaban J connectivity index is 0. The Labute approximate surface area is 241 Å². The maximum Gasteiger partial charge on any atom is 4.00 e. The first kappa shape index (κ1) is 37.7. The van der Waals surface area contributed by atoms with E-state index in [1.54, 1.807) is 13.8 Å². The zero-order chi connectivity index (χ0) is 28.0. The van der Waals surface area contributed by atoms with Crippen molar-refractivity contribution in [3.05, 3.63) is 57.6 Å². The minimum Gasteiger partial charge on any atom is -0.872 e. The summed E-state index contributed by atoms with van der Waals surface area (Å²) in [5, 5.41) is 44.3. The van der Waals surface area contributed by atoms with Crippen LogP contribution in [0, 0.1) is 27.7 Å². The fourth-order valence-corrected chi connectivity index (χ4v) is 3.40. The number of aryl methyl sites for hydroxylation is 4. The van der Waals surface area contributed by atoms with E-state index in [0.717, 1.165) is 59.3 Å². The van der Waals surface area contributed by atoms with Crippen molar-refractivity contribution < 1.29 is 42.1 Å². The SMILES string of the molecule is CC[C@H](C)[O-].CC[C@H](C)[O-].Cc1cc(C)c([O-])c(CN(C)CCN(C)Cc2cc(C)cc(C)c2[O-])c1.[Ti+4]. The van der Waals surface area contributed by atoms with Crippen LogP contribution in [-0.2, 0) is 34.8 Å². The standard InChI is InChI=1S/C22H32N2O2.2C4H9O.Ti/c1-15-9-17(3)21(25)19(11-15)13-23(5)7-8-24(6)14-20-12-16(2)10-18(4)22(20)26;2*1-3-4(2)5;/h9-12,25-26H,7-8,13-14H2,1-6H3;2*4H,3H2,1-2H3;/q;2*-1;+4/p-2/t;2*4-;/m.00./s1. The van der Waals surface area contributed by atoms with Crippen molar-refractivity contribution in [3.8, 4) is 11.5 Å². The van der Waals surface area contributed by atoms with Gasteiger partial charge in [-0.2, -0.15) is 0 Å². The molecule has 0 amide bonds. The molecule has 0 radical (unpaired) electrons. The Kier molecular flexibility index (Phi) is 20.0. The number of benzene rings is 2. The van der Waals surface area contributed by atoms with Crippen LogP contribution in [0.1, 0.15) is 73.9 Å². The molecule has 206 valence electrons. The zero-order valence-corrected chi connectivity index (χ0v) is 26.3. The van der Waals surface area contributed by atoms with Gasteiger partial charge in [0.15, 0.2) is 0 Å². The van der Waals surface area contributed by atoms with Crippen molar-refractivity contribution in [2.75, 3.05) is 27.2 Å². The second-order valence-electron chi connectivity index (χ2n) is 10.1. The molecule has 37 heavy (non-hydrogen) atoms. The smallest absolute Gasteiger partial charge is 0.872 e. The Morgan fingerprint density at radius 2 is 0.919 bits per heavy atom. The van der Waals surface area contributed by atoms with Crippen LogP contribution in [0.15, 0.2) is 24.3 Å². The Bertz CT molecular complexity index is 830. The van der Waals surface area contributed by atoms with E-state index in [1.807, 2.05) is 79.9 Å². The van der Waals surface area contributed by atoms with Gasteiger partial charge >= 0.3 is 21.7 Å². The van der Waals surface area contributed by atoms with Gasteiger partial charge in [-0.15, -0.1) is 23.7 Å². The van der Waals surface area contributed by atoms with E-state index >= 15 is 0 Å². The number of hydrogen-bond acceptors (Lipinski definition) is 6.